The second kappa shape index (κ2) is 6.33. The average Bonchev–Trinajstić information content (AvgIpc) is 2.53. The first-order valence-corrected chi connectivity index (χ1v) is 7.93. The van der Waals surface area contributed by atoms with Gasteiger partial charge in [-0.05, 0) is 54.3 Å². The third-order valence-corrected chi connectivity index (χ3v) is 4.50. The monoisotopic (exact) mass is 289 g/mol. The molecule has 0 saturated carbocycles. The second-order valence-corrected chi connectivity index (χ2v) is 6.14. The van der Waals surface area contributed by atoms with E-state index in [9.17, 15) is 0 Å². The molecule has 0 aromatic heterocycles. The van der Waals surface area contributed by atoms with E-state index >= 15 is 0 Å². The Balaban J connectivity index is 1.98. The van der Waals surface area contributed by atoms with Crippen molar-refractivity contribution in [3.05, 3.63) is 82.9 Å². The molecule has 112 valence electrons. The van der Waals surface area contributed by atoms with E-state index in [-0.39, 0.29) is 0 Å². The van der Waals surface area contributed by atoms with Crippen molar-refractivity contribution in [1.29, 1.82) is 0 Å². The van der Waals surface area contributed by atoms with Crippen molar-refractivity contribution in [2.24, 2.45) is 5.73 Å². The molecule has 3 rings (SSSR count). The lowest BCUT2D eigenvalue weighted by Crippen LogP contribution is -2.16. The van der Waals surface area contributed by atoms with Gasteiger partial charge >= 0.3 is 0 Å². The zero-order valence-electron chi connectivity index (χ0n) is 13.3. The number of benzene rings is 3. The summed E-state index contributed by atoms with van der Waals surface area (Å²) in [5.41, 5.74) is 11.5. The van der Waals surface area contributed by atoms with Gasteiger partial charge in [0.1, 0.15) is 0 Å². The molecular formula is C21H23N. The second-order valence-electron chi connectivity index (χ2n) is 6.14. The molecule has 1 atom stereocenters. The highest BCUT2D eigenvalue weighted by Gasteiger charge is 2.14. The van der Waals surface area contributed by atoms with E-state index < -0.39 is 0 Å². The summed E-state index contributed by atoms with van der Waals surface area (Å²) in [5.74, 6) is 0.367. The van der Waals surface area contributed by atoms with Crippen LogP contribution in [-0.2, 0) is 6.42 Å². The highest BCUT2D eigenvalue weighted by molar-refractivity contribution is 5.85. The van der Waals surface area contributed by atoms with Gasteiger partial charge in [-0.1, -0.05) is 66.2 Å². The Kier molecular flexibility index (Phi) is 4.26. The Labute approximate surface area is 132 Å². The zero-order valence-corrected chi connectivity index (χ0v) is 13.3. The van der Waals surface area contributed by atoms with Crippen LogP contribution in [0.25, 0.3) is 10.8 Å². The van der Waals surface area contributed by atoms with E-state index in [2.05, 4.69) is 74.5 Å². The maximum Gasteiger partial charge on any atom is 0.000441 e. The van der Waals surface area contributed by atoms with E-state index in [0.29, 0.717) is 12.5 Å². The van der Waals surface area contributed by atoms with Gasteiger partial charge in [-0.2, -0.15) is 0 Å². The minimum Gasteiger partial charge on any atom is -0.330 e. The first-order valence-electron chi connectivity index (χ1n) is 7.93. The van der Waals surface area contributed by atoms with Gasteiger partial charge in [0, 0.05) is 5.92 Å². The number of aryl methyl sites for hydroxylation is 2. The highest BCUT2D eigenvalue weighted by Crippen LogP contribution is 2.27. The summed E-state index contributed by atoms with van der Waals surface area (Å²) in [6.45, 7) is 5.00. The third-order valence-electron chi connectivity index (χ3n) is 4.50. The fourth-order valence-electron chi connectivity index (χ4n) is 3.34. The van der Waals surface area contributed by atoms with Gasteiger partial charge in [0.05, 0.1) is 0 Å². The van der Waals surface area contributed by atoms with Gasteiger partial charge in [-0.15, -0.1) is 0 Å². The van der Waals surface area contributed by atoms with E-state index in [4.69, 9.17) is 5.73 Å². The van der Waals surface area contributed by atoms with Gasteiger partial charge in [-0.3, -0.25) is 0 Å². The Morgan fingerprint density at radius 3 is 2.45 bits per heavy atom. The van der Waals surface area contributed by atoms with Crippen molar-refractivity contribution in [1.82, 2.24) is 0 Å². The third kappa shape index (κ3) is 2.90. The largest absolute Gasteiger partial charge is 0.330 e. The van der Waals surface area contributed by atoms with Gasteiger partial charge < -0.3 is 5.73 Å². The van der Waals surface area contributed by atoms with E-state index in [0.717, 1.165) is 6.42 Å². The molecule has 0 saturated heterocycles. The van der Waals surface area contributed by atoms with Crippen LogP contribution in [0.3, 0.4) is 0 Å². The average molecular weight is 289 g/mol. The van der Waals surface area contributed by atoms with Gasteiger partial charge in [0.2, 0.25) is 0 Å². The molecule has 0 bridgehead atoms. The quantitative estimate of drug-likeness (QED) is 0.737. The minimum atomic E-state index is 0.367. The van der Waals surface area contributed by atoms with Crippen LogP contribution in [0.1, 0.15) is 28.2 Å². The first kappa shape index (κ1) is 14.8. The van der Waals surface area contributed by atoms with Crippen molar-refractivity contribution in [2.75, 3.05) is 6.54 Å². The summed E-state index contributed by atoms with van der Waals surface area (Å²) in [6, 6.07) is 21.8. The van der Waals surface area contributed by atoms with Crippen molar-refractivity contribution < 1.29 is 0 Å². The molecule has 0 fully saturated rings. The Morgan fingerprint density at radius 1 is 0.909 bits per heavy atom. The summed E-state index contributed by atoms with van der Waals surface area (Å²) in [5, 5.41) is 2.64. The lowest BCUT2D eigenvalue weighted by molar-refractivity contribution is 0.692. The van der Waals surface area contributed by atoms with E-state index in [1.807, 2.05) is 0 Å². The molecule has 0 heterocycles. The molecule has 0 aliphatic rings. The molecule has 0 aliphatic heterocycles. The molecule has 0 spiro atoms. The van der Waals surface area contributed by atoms with E-state index in [1.54, 1.807) is 0 Å². The van der Waals surface area contributed by atoms with Crippen molar-refractivity contribution in [2.45, 2.75) is 26.2 Å². The molecule has 1 heteroatoms. The van der Waals surface area contributed by atoms with Crippen LogP contribution in [0.2, 0.25) is 0 Å². The molecule has 1 unspecified atom stereocenters. The maximum atomic E-state index is 6.10. The summed E-state index contributed by atoms with van der Waals surface area (Å²) >= 11 is 0. The topological polar surface area (TPSA) is 26.0 Å². The number of hydrogen-bond donors (Lipinski definition) is 1. The smallest absolute Gasteiger partial charge is 0.000441 e. The van der Waals surface area contributed by atoms with Gasteiger partial charge in [0.25, 0.3) is 0 Å². The molecular weight excluding hydrogens is 266 g/mol. The Hall–Kier alpha value is -2.12. The zero-order chi connectivity index (χ0) is 15.5. The molecule has 0 aliphatic carbocycles. The number of rotatable bonds is 4. The van der Waals surface area contributed by atoms with Crippen molar-refractivity contribution >= 4 is 10.8 Å². The fourth-order valence-corrected chi connectivity index (χ4v) is 3.34. The molecule has 3 aromatic carbocycles. The SMILES string of the molecule is Cc1ccc(C(CN)Cc2cccc3ccccc23)c(C)c1. The minimum absolute atomic E-state index is 0.367. The van der Waals surface area contributed by atoms with Gasteiger partial charge in [0.15, 0.2) is 0 Å². The van der Waals surface area contributed by atoms with Crippen LogP contribution in [-0.4, -0.2) is 6.54 Å². The molecule has 0 amide bonds. The molecule has 22 heavy (non-hydrogen) atoms. The van der Waals surface area contributed by atoms with Crippen LogP contribution in [0.15, 0.2) is 60.7 Å². The maximum absolute atomic E-state index is 6.10. The van der Waals surface area contributed by atoms with Crippen LogP contribution >= 0.6 is 0 Å². The van der Waals surface area contributed by atoms with Crippen LogP contribution in [0, 0.1) is 13.8 Å². The Morgan fingerprint density at radius 2 is 1.68 bits per heavy atom. The first-order chi connectivity index (χ1) is 10.7. The lowest BCUT2D eigenvalue weighted by atomic mass is 9.87. The number of nitrogens with two attached hydrogens (primary N) is 1. The summed E-state index contributed by atoms with van der Waals surface area (Å²) in [6.07, 6.45) is 0.988. The highest BCUT2D eigenvalue weighted by atomic mass is 14.5. The molecule has 2 N–H and O–H groups in total. The summed E-state index contributed by atoms with van der Waals surface area (Å²) < 4.78 is 0. The van der Waals surface area contributed by atoms with E-state index in [1.165, 1.54) is 33.0 Å². The summed E-state index contributed by atoms with van der Waals surface area (Å²) in [4.78, 5) is 0. The standard InChI is InChI=1S/C21H23N/c1-15-10-11-20(16(2)12-15)19(14-22)13-18-8-5-7-17-6-3-4-9-21(17)18/h3-12,19H,13-14,22H2,1-2H3. The van der Waals surface area contributed by atoms with Crippen LogP contribution in [0.4, 0.5) is 0 Å². The van der Waals surface area contributed by atoms with Crippen molar-refractivity contribution in [3.8, 4) is 0 Å². The number of hydrogen-bond acceptors (Lipinski definition) is 1. The lowest BCUT2D eigenvalue weighted by Gasteiger charge is -2.19. The molecule has 3 aromatic rings. The predicted molar refractivity (Wildman–Crippen MR) is 95.4 cm³/mol. The normalized spacial score (nSPS) is 12.5. The molecule has 0 radical (unpaired) electrons. The van der Waals surface area contributed by atoms with Crippen LogP contribution < -0.4 is 5.73 Å². The van der Waals surface area contributed by atoms with Crippen molar-refractivity contribution in [3.63, 3.8) is 0 Å². The summed E-state index contributed by atoms with van der Waals surface area (Å²) in [7, 11) is 0. The number of fused-ring (bicyclic) bond motifs is 1. The Bertz CT molecular complexity index is 784. The van der Waals surface area contributed by atoms with Gasteiger partial charge in [-0.25, -0.2) is 0 Å². The predicted octanol–water partition coefficient (Wildman–Crippen LogP) is 4.74. The fraction of sp³-hybridized carbons (Fsp3) is 0.238. The van der Waals surface area contributed by atoms with Crippen LogP contribution in [0.5, 0.6) is 0 Å². The molecule has 1 nitrogen and oxygen atoms in total.